The Labute approximate surface area is 89.4 Å². The van der Waals surface area contributed by atoms with Gasteiger partial charge in [-0.25, -0.2) is 8.78 Å². The SMILES string of the molecule is COCCNc1c(F)cc(Br)cc1F. The molecule has 1 aromatic rings. The van der Waals surface area contributed by atoms with Crippen molar-refractivity contribution in [1.29, 1.82) is 0 Å². The summed E-state index contributed by atoms with van der Waals surface area (Å²) in [4.78, 5) is 0. The second kappa shape index (κ2) is 5.26. The van der Waals surface area contributed by atoms with Crippen molar-refractivity contribution in [3.05, 3.63) is 28.2 Å². The molecule has 0 heterocycles. The number of anilines is 1. The first-order valence-electron chi connectivity index (χ1n) is 4.02. The van der Waals surface area contributed by atoms with E-state index >= 15 is 0 Å². The van der Waals surface area contributed by atoms with Gasteiger partial charge in [0.05, 0.1) is 6.61 Å². The summed E-state index contributed by atoms with van der Waals surface area (Å²) in [6.45, 7) is 0.765. The van der Waals surface area contributed by atoms with Crippen LogP contribution in [0.3, 0.4) is 0 Å². The average molecular weight is 266 g/mol. The molecule has 14 heavy (non-hydrogen) atoms. The minimum absolute atomic E-state index is 0.120. The summed E-state index contributed by atoms with van der Waals surface area (Å²) in [5.41, 5.74) is -0.120. The van der Waals surface area contributed by atoms with E-state index in [2.05, 4.69) is 21.2 Å². The third kappa shape index (κ3) is 2.92. The monoisotopic (exact) mass is 265 g/mol. The Balaban J connectivity index is 2.75. The summed E-state index contributed by atoms with van der Waals surface area (Å²) in [5, 5.41) is 2.61. The maximum absolute atomic E-state index is 13.2. The molecule has 5 heteroatoms. The molecule has 0 aliphatic carbocycles. The van der Waals surface area contributed by atoms with Gasteiger partial charge in [-0.05, 0) is 12.1 Å². The summed E-state index contributed by atoms with van der Waals surface area (Å²) < 4.78 is 31.5. The highest BCUT2D eigenvalue weighted by Gasteiger charge is 2.09. The number of nitrogens with one attached hydrogen (secondary N) is 1. The minimum atomic E-state index is -0.618. The van der Waals surface area contributed by atoms with Crippen molar-refractivity contribution >= 4 is 21.6 Å². The zero-order valence-electron chi connectivity index (χ0n) is 7.61. The van der Waals surface area contributed by atoms with Crippen molar-refractivity contribution in [3.8, 4) is 0 Å². The van der Waals surface area contributed by atoms with E-state index in [1.807, 2.05) is 0 Å². The van der Waals surface area contributed by atoms with E-state index in [1.165, 1.54) is 19.2 Å². The molecular formula is C9H10BrF2NO. The van der Waals surface area contributed by atoms with Gasteiger partial charge in [-0.3, -0.25) is 0 Å². The van der Waals surface area contributed by atoms with Crippen molar-refractivity contribution in [2.45, 2.75) is 0 Å². The molecule has 0 unspecified atom stereocenters. The molecule has 1 rings (SSSR count). The maximum Gasteiger partial charge on any atom is 0.150 e. The fourth-order valence-electron chi connectivity index (χ4n) is 0.989. The van der Waals surface area contributed by atoms with Gasteiger partial charge in [-0.2, -0.15) is 0 Å². The summed E-state index contributed by atoms with van der Waals surface area (Å²) in [7, 11) is 1.52. The lowest BCUT2D eigenvalue weighted by atomic mass is 10.3. The van der Waals surface area contributed by atoms with Gasteiger partial charge in [0.25, 0.3) is 0 Å². The van der Waals surface area contributed by atoms with E-state index in [0.29, 0.717) is 17.6 Å². The molecule has 0 saturated carbocycles. The van der Waals surface area contributed by atoms with Crippen LogP contribution in [0.1, 0.15) is 0 Å². The Kier molecular flexibility index (Phi) is 4.28. The predicted octanol–water partition coefficient (Wildman–Crippen LogP) is 2.79. The zero-order valence-corrected chi connectivity index (χ0v) is 9.20. The number of hydrogen-bond donors (Lipinski definition) is 1. The van der Waals surface area contributed by atoms with Gasteiger partial charge < -0.3 is 10.1 Å². The summed E-state index contributed by atoms with van der Waals surface area (Å²) in [6, 6.07) is 2.41. The molecule has 0 spiro atoms. The van der Waals surface area contributed by atoms with Crippen LogP contribution < -0.4 is 5.32 Å². The van der Waals surface area contributed by atoms with Crippen LogP contribution in [-0.4, -0.2) is 20.3 Å². The maximum atomic E-state index is 13.2. The first-order valence-corrected chi connectivity index (χ1v) is 4.82. The summed E-state index contributed by atoms with van der Waals surface area (Å²) in [5.74, 6) is -1.24. The predicted molar refractivity (Wildman–Crippen MR) is 54.4 cm³/mol. The number of ether oxygens (including phenoxy) is 1. The Morgan fingerprint density at radius 1 is 1.36 bits per heavy atom. The van der Waals surface area contributed by atoms with Gasteiger partial charge in [0.15, 0.2) is 0 Å². The van der Waals surface area contributed by atoms with E-state index in [1.54, 1.807) is 0 Å². The third-order valence-corrected chi connectivity index (χ3v) is 2.07. The van der Waals surface area contributed by atoms with Crippen LogP contribution in [0.2, 0.25) is 0 Å². The van der Waals surface area contributed by atoms with Crippen molar-refractivity contribution in [2.24, 2.45) is 0 Å². The smallest absolute Gasteiger partial charge is 0.150 e. The fraction of sp³-hybridized carbons (Fsp3) is 0.333. The largest absolute Gasteiger partial charge is 0.383 e. The quantitative estimate of drug-likeness (QED) is 0.846. The van der Waals surface area contributed by atoms with Crippen molar-refractivity contribution in [3.63, 3.8) is 0 Å². The lowest BCUT2D eigenvalue weighted by Gasteiger charge is -2.08. The first kappa shape index (κ1) is 11.4. The van der Waals surface area contributed by atoms with Gasteiger partial charge >= 0.3 is 0 Å². The number of hydrogen-bond acceptors (Lipinski definition) is 2. The average Bonchev–Trinajstić information content (AvgIpc) is 2.09. The van der Waals surface area contributed by atoms with Gasteiger partial charge in [0.2, 0.25) is 0 Å². The van der Waals surface area contributed by atoms with Crippen molar-refractivity contribution in [2.75, 3.05) is 25.6 Å². The van der Waals surface area contributed by atoms with Crippen molar-refractivity contribution < 1.29 is 13.5 Å². The molecule has 78 valence electrons. The van der Waals surface area contributed by atoms with Crippen molar-refractivity contribution in [1.82, 2.24) is 0 Å². The molecule has 0 saturated heterocycles. The highest BCUT2D eigenvalue weighted by molar-refractivity contribution is 9.10. The molecule has 0 radical (unpaired) electrons. The molecule has 1 aromatic carbocycles. The molecule has 0 amide bonds. The topological polar surface area (TPSA) is 21.3 Å². The number of halogens is 3. The van der Waals surface area contributed by atoms with Crippen LogP contribution in [0.5, 0.6) is 0 Å². The van der Waals surface area contributed by atoms with Crippen LogP contribution in [0.25, 0.3) is 0 Å². The summed E-state index contributed by atoms with van der Waals surface area (Å²) in [6.07, 6.45) is 0. The molecule has 1 N–H and O–H groups in total. The van der Waals surface area contributed by atoms with Gasteiger partial charge in [-0.1, -0.05) is 15.9 Å². The van der Waals surface area contributed by atoms with Gasteiger partial charge in [0.1, 0.15) is 17.3 Å². The van der Waals surface area contributed by atoms with Crippen LogP contribution >= 0.6 is 15.9 Å². The number of rotatable bonds is 4. The Morgan fingerprint density at radius 2 is 1.93 bits per heavy atom. The van der Waals surface area contributed by atoms with E-state index in [0.717, 1.165) is 0 Å². The second-order valence-corrected chi connectivity index (χ2v) is 3.58. The Morgan fingerprint density at radius 3 is 2.43 bits per heavy atom. The van der Waals surface area contributed by atoms with E-state index in [-0.39, 0.29) is 5.69 Å². The molecular weight excluding hydrogens is 256 g/mol. The fourth-order valence-corrected chi connectivity index (χ4v) is 1.39. The van der Waals surface area contributed by atoms with E-state index < -0.39 is 11.6 Å². The van der Waals surface area contributed by atoms with Crippen LogP contribution in [0.15, 0.2) is 16.6 Å². The molecule has 0 aromatic heterocycles. The molecule has 0 aliphatic rings. The normalized spacial score (nSPS) is 10.3. The molecule has 0 bridgehead atoms. The molecule has 2 nitrogen and oxygen atoms in total. The highest BCUT2D eigenvalue weighted by Crippen LogP contribution is 2.23. The standard InChI is InChI=1S/C9H10BrF2NO/c1-14-3-2-13-9-7(11)4-6(10)5-8(9)12/h4-5,13H,2-3H2,1H3. The van der Waals surface area contributed by atoms with Crippen LogP contribution in [0.4, 0.5) is 14.5 Å². The number of benzene rings is 1. The van der Waals surface area contributed by atoms with E-state index in [9.17, 15) is 8.78 Å². The lowest BCUT2D eigenvalue weighted by Crippen LogP contribution is -2.10. The third-order valence-electron chi connectivity index (χ3n) is 1.61. The summed E-state index contributed by atoms with van der Waals surface area (Å²) >= 11 is 3.00. The second-order valence-electron chi connectivity index (χ2n) is 2.66. The molecule has 0 aliphatic heterocycles. The Hall–Kier alpha value is -0.680. The Bertz CT molecular complexity index is 297. The van der Waals surface area contributed by atoms with Gasteiger partial charge in [-0.15, -0.1) is 0 Å². The van der Waals surface area contributed by atoms with E-state index in [4.69, 9.17) is 4.74 Å². The lowest BCUT2D eigenvalue weighted by molar-refractivity contribution is 0.210. The minimum Gasteiger partial charge on any atom is -0.383 e. The van der Waals surface area contributed by atoms with Gasteiger partial charge in [0, 0.05) is 18.1 Å². The first-order chi connectivity index (χ1) is 6.65. The highest BCUT2D eigenvalue weighted by atomic mass is 79.9. The molecule has 0 fully saturated rings. The van der Waals surface area contributed by atoms with Crippen LogP contribution in [0, 0.1) is 11.6 Å². The van der Waals surface area contributed by atoms with Crippen LogP contribution in [-0.2, 0) is 4.74 Å². The molecule has 0 atom stereocenters. The zero-order chi connectivity index (χ0) is 10.6. The number of methoxy groups -OCH3 is 1.